The first-order valence-electron chi connectivity index (χ1n) is 10.1. The Labute approximate surface area is 188 Å². The van der Waals surface area contributed by atoms with Crippen molar-refractivity contribution < 1.29 is 23.2 Å². The Bertz CT molecular complexity index is 1360. The molecule has 4 aromatic rings. The molecule has 0 unspecified atom stereocenters. The normalized spacial score (nSPS) is 10.7. The number of nitrogens with two attached hydrogens (primary N) is 1. The zero-order valence-corrected chi connectivity index (χ0v) is 17.6. The maximum Gasteiger partial charge on any atom is 0.255 e. The quantitative estimate of drug-likeness (QED) is 0.422. The van der Waals surface area contributed by atoms with Gasteiger partial charge in [0.25, 0.3) is 11.8 Å². The van der Waals surface area contributed by atoms with Crippen molar-refractivity contribution in [3.8, 4) is 22.5 Å². The first kappa shape index (κ1) is 21.8. The van der Waals surface area contributed by atoms with Crippen LogP contribution in [-0.2, 0) is 4.79 Å². The van der Waals surface area contributed by atoms with Crippen molar-refractivity contribution in [3.63, 3.8) is 0 Å². The SMILES string of the molecule is CNC(=O)c1c(-c2ccc(F)cc2)oc2ccc(-c3ccc(C(=O)NCC(N)=O)cc3)cc12. The Morgan fingerprint density at radius 1 is 0.879 bits per heavy atom. The van der Waals surface area contributed by atoms with Crippen molar-refractivity contribution in [3.05, 3.63) is 83.7 Å². The van der Waals surface area contributed by atoms with Crippen molar-refractivity contribution in [1.82, 2.24) is 10.6 Å². The highest BCUT2D eigenvalue weighted by molar-refractivity contribution is 6.11. The third-order valence-corrected chi connectivity index (χ3v) is 5.15. The number of furan rings is 1. The van der Waals surface area contributed by atoms with Crippen molar-refractivity contribution in [2.75, 3.05) is 13.6 Å². The van der Waals surface area contributed by atoms with Crippen LogP contribution < -0.4 is 16.4 Å². The average Bonchev–Trinajstić information content (AvgIpc) is 3.21. The van der Waals surface area contributed by atoms with Gasteiger partial charge in [-0.1, -0.05) is 18.2 Å². The summed E-state index contributed by atoms with van der Waals surface area (Å²) in [6.07, 6.45) is 0. The molecule has 0 aliphatic carbocycles. The van der Waals surface area contributed by atoms with Gasteiger partial charge in [0.1, 0.15) is 17.2 Å². The number of carbonyl (C=O) groups excluding carboxylic acids is 3. The van der Waals surface area contributed by atoms with Gasteiger partial charge in [0.2, 0.25) is 5.91 Å². The highest BCUT2D eigenvalue weighted by Crippen LogP contribution is 2.36. The molecule has 0 fully saturated rings. The summed E-state index contributed by atoms with van der Waals surface area (Å²) >= 11 is 0. The summed E-state index contributed by atoms with van der Waals surface area (Å²) in [5.74, 6) is -1.39. The Balaban J connectivity index is 1.73. The molecule has 7 nitrogen and oxygen atoms in total. The lowest BCUT2D eigenvalue weighted by molar-refractivity contribution is -0.117. The maximum atomic E-state index is 13.4. The van der Waals surface area contributed by atoms with Crippen LogP contribution in [0.1, 0.15) is 20.7 Å². The van der Waals surface area contributed by atoms with E-state index in [-0.39, 0.29) is 18.3 Å². The van der Waals surface area contributed by atoms with E-state index in [1.807, 2.05) is 12.1 Å². The predicted octanol–water partition coefficient (Wildman–Crippen LogP) is 3.48. The Morgan fingerprint density at radius 3 is 2.15 bits per heavy atom. The molecule has 4 rings (SSSR count). The number of halogens is 1. The van der Waals surface area contributed by atoms with E-state index in [9.17, 15) is 18.8 Å². The van der Waals surface area contributed by atoms with Gasteiger partial charge in [0.05, 0.1) is 12.1 Å². The van der Waals surface area contributed by atoms with Gasteiger partial charge < -0.3 is 20.8 Å². The molecule has 0 radical (unpaired) electrons. The van der Waals surface area contributed by atoms with Gasteiger partial charge in [-0.05, 0) is 59.7 Å². The van der Waals surface area contributed by atoms with Crippen LogP contribution in [0.2, 0.25) is 0 Å². The Kier molecular flexibility index (Phi) is 5.91. The zero-order valence-electron chi connectivity index (χ0n) is 17.6. The summed E-state index contributed by atoms with van der Waals surface area (Å²) in [5, 5.41) is 5.67. The lowest BCUT2D eigenvalue weighted by Gasteiger charge is -2.06. The minimum atomic E-state index is -0.625. The number of carbonyl (C=O) groups is 3. The molecule has 3 amide bonds. The van der Waals surface area contributed by atoms with Crippen molar-refractivity contribution in [1.29, 1.82) is 0 Å². The maximum absolute atomic E-state index is 13.4. The predicted molar refractivity (Wildman–Crippen MR) is 122 cm³/mol. The second-order valence-corrected chi connectivity index (χ2v) is 7.33. The average molecular weight is 445 g/mol. The van der Waals surface area contributed by atoms with E-state index in [4.69, 9.17) is 10.2 Å². The molecule has 0 aliphatic rings. The number of rotatable bonds is 6. The summed E-state index contributed by atoms with van der Waals surface area (Å²) in [7, 11) is 1.53. The van der Waals surface area contributed by atoms with Crippen LogP contribution in [0, 0.1) is 5.82 Å². The molecule has 3 aromatic carbocycles. The van der Waals surface area contributed by atoms with E-state index in [0.29, 0.717) is 33.4 Å². The minimum Gasteiger partial charge on any atom is -0.455 e. The first-order valence-corrected chi connectivity index (χ1v) is 10.1. The van der Waals surface area contributed by atoms with E-state index in [0.717, 1.165) is 11.1 Å². The molecule has 0 aliphatic heterocycles. The largest absolute Gasteiger partial charge is 0.455 e. The summed E-state index contributed by atoms with van der Waals surface area (Å²) in [4.78, 5) is 35.6. The number of benzene rings is 3. The van der Waals surface area contributed by atoms with Crippen LogP contribution in [0.15, 0.2) is 71.1 Å². The number of hydrogen-bond acceptors (Lipinski definition) is 4. The van der Waals surface area contributed by atoms with Gasteiger partial charge in [-0.15, -0.1) is 0 Å². The van der Waals surface area contributed by atoms with Crippen LogP contribution in [0.5, 0.6) is 0 Å². The number of primary amides is 1. The molecule has 166 valence electrons. The molecule has 1 heterocycles. The van der Waals surface area contributed by atoms with E-state index in [2.05, 4.69) is 10.6 Å². The van der Waals surface area contributed by atoms with Gasteiger partial charge in [0, 0.05) is 23.6 Å². The fourth-order valence-electron chi connectivity index (χ4n) is 3.52. The molecule has 8 heteroatoms. The molecule has 0 spiro atoms. The van der Waals surface area contributed by atoms with Crippen molar-refractivity contribution in [2.24, 2.45) is 5.73 Å². The smallest absolute Gasteiger partial charge is 0.255 e. The van der Waals surface area contributed by atoms with E-state index >= 15 is 0 Å². The molecule has 0 bridgehead atoms. The summed E-state index contributed by atoms with van der Waals surface area (Å²) in [6.45, 7) is -0.240. The molecular formula is C25H20FN3O4. The molecule has 0 atom stereocenters. The molecule has 0 saturated carbocycles. The van der Waals surface area contributed by atoms with Crippen LogP contribution in [-0.4, -0.2) is 31.3 Å². The fourth-order valence-corrected chi connectivity index (χ4v) is 3.52. The number of fused-ring (bicyclic) bond motifs is 1. The lowest BCUT2D eigenvalue weighted by atomic mass is 9.99. The molecular weight excluding hydrogens is 425 g/mol. The second kappa shape index (κ2) is 8.96. The van der Waals surface area contributed by atoms with Gasteiger partial charge in [-0.25, -0.2) is 4.39 Å². The van der Waals surface area contributed by atoms with Crippen molar-refractivity contribution >= 4 is 28.7 Å². The van der Waals surface area contributed by atoms with Gasteiger partial charge >= 0.3 is 0 Å². The highest BCUT2D eigenvalue weighted by atomic mass is 19.1. The molecule has 0 saturated heterocycles. The monoisotopic (exact) mass is 445 g/mol. The molecule has 4 N–H and O–H groups in total. The third kappa shape index (κ3) is 4.45. The van der Waals surface area contributed by atoms with Crippen LogP contribution in [0.25, 0.3) is 33.4 Å². The van der Waals surface area contributed by atoms with Crippen molar-refractivity contribution in [2.45, 2.75) is 0 Å². The topological polar surface area (TPSA) is 114 Å². The lowest BCUT2D eigenvalue weighted by Crippen LogP contribution is -2.33. The standard InChI is InChI=1S/C25H20FN3O4/c1-28-25(32)22-19-12-17(14-2-4-16(5-3-14)24(31)29-13-21(27)30)8-11-20(19)33-23(22)15-6-9-18(26)10-7-15/h2-12H,13H2,1H3,(H2,27,30)(H,28,32)(H,29,31). The molecule has 33 heavy (non-hydrogen) atoms. The summed E-state index contributed by atoms with van der Waals surface area (Å²) in [6, 6.07) is 18.0. The van der Waals surface area contributed by atoms with Crippen LogP contribution in [0.3, 0.4) is 0 Å². The minimum absolute atomic E-state index is 0.240. The van der Waals surface area contributed by atoms with E-state index < -0.39 is 11.8 Å². The van der Waals surface area contributed by atoms with Gasteiger partial charge in [0.15, 0.2) is 0 Å². The number of nitrogens with one attached hydrogen (secondary N) is 2. The van der Waals surface area contributed by atoms with Gasteiger partial charge in [-0.2, -0.15) is 0 Å². The number of hydrogen-bond donors (Lipinski definition) is 3. The summed E-state index contributed by atoms with van der Waals surface area (Å²) in [5.41, 5.74) is 8.50. The van der Waals surface area contributed by atoms with E-state index in [1.165, 1.54) is 19.2 Å². The Hall–Kier alpha value is -4.46. The fraction of sp³-hybridized carbons (Fsp3) is 0.0800. The summed E-state index contributed by atoms with van der Waals surface area (Å²) < 4.78 is 19.3. The highest BCUT2D eigenvalue weighted by Gasteiger charge is 2.22. The first-order chi connectivity index (χ1) is 15.9. The third-order valence-electron chi connectivity index (χ3n) is 5.15. The Morgan fingerprint density at radius 2 is 1.52 bits per heavy atom. The zero-order chi connectivity index (χ0) is 23.5. The van der Waals surface area contributed by atoms with E-state index in [1.54, 1.807) is 42.5 Å². The second-order valence-electron chi connectivity index (χ2n) is 7.33. The van der Waals surface area contributed by atoms with Gasteiger partial charge in [-0.3, -0.25) is 14.4 Å². The number of amides is 3. The molecule has 1 aromatic heterocycles. The van der Waals surface area contributed by atoms with Crippen LogP contribution >= 0.6 is 0 Å². The van der Waals surface area contributed by atoms with Crippen LogP contribution in [0.4, 0.5) is 4.39 Å².